The quantitative estimate of drug-likeness (QED) is 0.465. The maximum atomic E-state index is 13.2. The molecular formula is C22H20Cl2FNO2. The maximum Gasteiger partial charge on any atom is 0.163 e. The van der Waals surface area contributed by atoms with Gasteiger partial charge in [-0.3, -0.25) is 0 Å². The van der Waals surface area contributed by atoms with Crippen molar-refractivity contribution in [3.05, 3.63) is 87.2 Å². The van der Waals surface area contributed by atoms with Crippen molar-refractivity contribution in [2.45, 2.75) is 20.1 Å². The van der Waals surface area contributed by atoms with Crippen molar-refractivity contribution in [3.8, 4) is 11.5 Å². The first-order valence-electron chi connectivity index (χ1n) is 8.70. The minimum atomic E-state index is -0.389. The molecule has 0 aliphatic carbocycles. The zero-order valence-corrected chi connectivity index (χ0v) is 17.1. The molecule has 0 bridgehead atoms. The molecule has 0 aliphatic heterocycles. The Hall–Kier alpha value is -2.43. The summed E-state index contributed by atoms with van der Waals surface area (Å²) in [4.78, 5) is 0. The third-order valence-corrected chi connectivity index (χ3v) is 4.97. The number of aryl methyl sites for hydroxylation is 1. The van der Waals surface area contributed by atoms with E-state index in [-0.39, 0.29) is 12.4 Å². The first kappa shape index (κ1) is 20.3. The van der Waals surface area contributed by atoms with Gasteiger partial charge in [-0.2, -0.15) is 0 Å². The Morgan fingerprint density at radius 2 is 1.61 bits per heavy atom. The lowest BCUT2D eigenvalue weighted by Crippen LogP contribution is -2.03. The highest BCUT2D eigenvalue weighted by Gasteiger charge is 2.12. The molecule has 1 N–H and O–H groups in total. The van der Waals surface area contributed by atoms with Gasteiger partial charge in [0.1, 0.15) is 12.4 Å². The van der Waals surface area contributed by atoms with E-state index in [0.29, 0.717) is 33.7 Å². The summed E-state index contributed by atoms with van der Waals surface area (Å²) < 4.78 is 24.4. The average Bonchev–Trinajstić information content (AvgIpc) is 2.68. The summed E-state index contributed by atoms with van der Waals surface area (Å²) in [5.41, 5.74) is 3.76. The van der Waals surface area contributed by atoms with Crippen LogP contribution in [-0.4, -0.2) is 7.11 Å². The Morgan fingerprint density at radius 3 is 2.29 bits per heavy atom. The molecule has 0 amide bonds. The van der Waals surface area contributed by atoms with E-state index in [1.165, 1.54) is 17.7 Å². The van der Waals surface area contributed by atoms with Crippen molar-refractivity contribution < 1.29 is 13.9 Å². The molecule has 3 aromatic carbocycles. The average molecular weight is 420 g/mol. The van der Waals surface area contributed by atoms with Crippen molar-refractivity contribution in [1.82, 2.24) is 0 Å². The molecular weight excluding hydrogens is 400 g/mol. The molecule has 28 heavy (non-hydrogen) atoms. The molecule has 6 heteroatoms. The summed E-state index contributed by atoms with van der Waals surface area (Å²) in [6.45, 7) is 2.76. The molecule has 0 fully saturated rings. The molecule has 0 atom stereocenters. The molecule has 0 spiro atoms. The number of halogens is 3. The van der Waals surface area contributed by atoms with Crippen LogP contribution in [0.2, 0.25) is 10.0 Å². The van der Waals surface area contributed by atoms with Crippen LogP contribution in [0.5, 0.6) is 11.5 Å². The van der Waals surface area contributed by atoms with Gasteiger partial charge in [-0.25, -0.2) is 4.39 Å². The van der Waals surface area contributed by atoms with E-state index in [1.807, 2.05) is 37.3 Å². The Balaban J connectivity index is 1.72. The molecule has 0 unspecified atom stereocenters. The lowest BCUT2D eigenvalue weighted by molar-refractivity contribution is 0.284. The lowest BCUT2D eigenvalue weighted by Gasteiger charge is -2.15. The smallest absolute Gasteiger partial charge is 0.163 e. The van der Waals surface area contributed by atoms with E-state index in [1.54, 1.807) is 19.2 Å². The van der Waals surface area contributed by atoms with E-state index < -0.39 is 0 Å². The minimum Gasteiger partial charge on any atom is -0.493 e. The normalized spacial score (nSPS) is 10.6. The van der Waals surface area contributed by atoms with Crippen LogP contribution >= 0.6 is 23.2 Å². The number of hydrogen-bond donors (Lipinski definition) is 1. The second kappa shape index (κ2) is 9.18. The molecule has 0 aromatic heterocycles. The van der Waals surface area contributed by atoms with Crippen molar-refractivity contribution in [3.63, 3.8) is 0 Å². The summed E-state index contributed by atoms with van der Waals surface area (Å²) >= 11 is 12.5. The lowest BCUT2D eigenvalue weighted by atomic mass is 10.1. The zero-order valence-electron chi connectivity index (χ0n) is 15.6. The van der Waals surface area contributed by atoms with Crippen molar-refractivity contribution >= 4 is 28.9 Å². The highest BCUT2D eigenvalue weighted by molar-refractivity contribution is 6.31. The van der Waals surface area contributed by atoms with Gasteiger partial charge < -0.3 is 14.8 Å². The van der Waals surface area contributed by atoms with Crippen molar-refractivity contribution in [1.29, 1.82) is 0 Å². The maximum absolute atomic E-state index is 13.2. The van der Waals surface area contributed by atoms with Gasteiger partial charge in [-0.05, 0) is 42.8 Å². The molecule has 146 valence electrons. The second-order valence-corrected chi connectivity index (χ2v) is 7.15. The molecule has 3 rings (SSSR count). The molecule has 0 radical (unpaired) electrons. The van der Waals surface area contributed by atoms with Gasteiger partial charge in [0.2, 0.25) is 0 Å². The Morgan fingerprint density at radius 1 is 0.893 bits per heavy atom. The number of methoxy groups -OCH3 is 1. The fraction of sp³-hybridized carbons (Fsp3) is 0.182. The fourth-order valence-electron chi connectivity index (χ4n) is 2.65. The third kappa shape index (κ3) is 5.09. The Labute approximate surface area is 174 Å². The topological polar surface area (TPSA) is 30.5 Å². The molecule has 0 aliphatic rings. The number of rotatable bonds is 7. The fourth-order valence-corrected chi connectivity index (χ4v) is 3.09. The molecule has 0 saturated carbocycles. The number of nitrogens with one attached hydrogen (secondary N) is 1. The number of hydrogen-bond acceptors (Lipinski definition) is 3. The van der Waals surface area contributed by atoms with Gasteiger partial charge in [-0.15, -0.1) is 0 Å². The van der Waals surface area contributed by atoms with Gasteiger partial charge in [0.05, 0.1) is 12.1 Å². The second-order valence-electron chi connectivity index (χ2n) is 6.34. The Kier molecular flexibility index (Phi) is 6.65. The minimum absolute atomic E-state index is 0.173. The van der Waals surface area contributed by atoms with Crippen LogP contribution < -0.4 is 14.8 Å². The van der Waals surface area contributed by atoms with Crippen LogP contribution in [0.15, 0.2) is 54.6 Å². The third-order valence-electron chi connectivity index (χ3n) is 4.27. The van der Waals surface area contributed by atoms with Gasteiger partial charge in [0.15, 0.2) is 11.5 Å². The van der Waals surface area contributed by atoms with Crippen molar-refractivity contribution in [2.24, 2.45) is 0 Å². The Bertz CT molecular complexity index is 961. The summed E-state index contributed by atoms with van der Waals surface area (Å²) in [6, 6.07) is 15.9. The zero-order chi connectivity index (χ0) is 20.1. The first-order chi connectivity index (χ1) is 13.5. The summed E-state index contributed by atoms with van der Waals surface area (Å²) in [5.74, 6) is 0.662. The summed E-state index contributed by atoms with van der Waals surface area (Å²) in [6.07, 6.45) is 0. The standard InChI is InChI=1S/C22H20Cl2FNO2/c1-14-3-7-18(8-4-14)26-12-16-9-21(27-2)22(11-20(16)24)28-13-15-5-6-17(25)10-19(15)23/h3-11,26H,12-13H2,1-2H3. The number of ether oxygens (including phenoxy) is 2. The van der Waals surface area contributed by atoms with Gasteiger partial charge in [-0.1, -0.05) is 47.0 Å². The first-order valence-corrected chi connectivity index (χ1v) is 9.45. The molecule has 0 saturated heterocycles. The van der Waals surface area contributed by atoms with E-state index in [2.05, 4.69) is 5.32 Å². The van der Waals surface area contributed by atoms with Crippen LogP contribution in [-0.2, 0) is 13.2 Å². The number of anilines is 1. The van der Waals surface area contributed by atoms with E-state index in [4.69, 9.17) is 32.7 Å². The van der Waals surface area contributed by atoms with Crippen LogP contribution in [0.4, 0.5) is 10.1 Å². The summed E-state index contributed by atoms with van der Waals surface area (Å²) in [5, 5.41) is 4.20. The number of benzene rings is 3. The monoisotopic (exact) mass is 419 g/mol. The van der Waals surface area contributed by atoms with Crippen LogP contribution in [0.3, 0.4) is 0 Å². The van der Waals surface area contributed by atoms with Crippen molar-refractivity contribution in [2.75, 3.05) is 12.4 Å². The molecule has 0 heterocycles. The van der Waals surface area contributed by atoms with Gasteiger partial charge in [0.25, 0.3) is 0 Å². The highest BCUT2D eigenvalue weighted by Crippen LogP contribution is 2.34. The highest BCUT2D eigenvalue weighted by atomic mass is 35.5. The van der Waals surface area contributed by atoms with Gasteiger partial charge in [0, 0.05) is 28.9 Å². The van der Waals surface area contributed by atoms with Crippen LogP contribution in [0, 0.1) is 12.7 Å². The molecule has 3 nitrogen and oxygen atoms in total. The van der Waals surface area contributed by atoms with Gasteiger partial charge >= 0.3 is 0 Å². The molecule has 3 aromatic rings. The predicted molar refractivity (Wildman–Crippen MR) is 112 cm³/mol. The predicted octanol–water partition coefficient (Wildman–Crippen LogP) is 6.64. The van der Waals surface area contributed by atoms with Crippen LogP contribution in [0.1, 0.15) is 16.7 Å². The summed E-state index contributed by atoms with van der Waals surface area (Å²) in [7, 11) is 1.57. The van der Waals surface area contributed by atoms with E-state index in [9.17, 15) is 4.39 Å². The van der Waals surface area contributed by atoms with E-state index in [0.717, 1.165) is 11.3 Å². The van der Waals surface area contributed by atoms with Crippen LogP contribution in [0.25, 0.3) is 0 Å². The largest absolute Gasteiger partial charge is 0.493 e. The SMILES string of the molecule is COc1cc(CNc2ccc(C)cc2)c(Cl)cc1OCc1ccc(F)cc1Cl. The van der Waals surface area contributed by atoms with E-state index >= 15 is 0 Å².